The maximum atomic E-state index is 3.88. The molecule has 1 aliphatic heterocycles. The molecule has 1 heterocycles. The first kappa shape index (κ1) is 12.7. The van der Waals surface area contributed by atoms with E-state index < -0.39 is 0 Å². The van der Waals surface area contributed by atoms with Crippen molar-refractivity contribution in [3.8, 4) is 0 Å². The lowest BCUT2D eigenvalue weighted by Crippen LogP contribution is -2.38. The van der Waals surface area contributed by atoms with E-state index >= 15 is 0 Å². The highest BCUT2D eigenvalue weighted by atomic mass is 15.2. The van der Waals surface area contributed by atoms with Crippen molar-refractivity contribution in [3.63, 3.8) is 0 Å². The van der Waals surface area contributed by atoms with Gasteiger partial charge in [0.05, 0.1) is 0 Å². The van der Waals surface area contributed by atoms with E-state index in [0.717, 1.165) is 19.1 Å². The average molecular weight is 210 g/mol. The molecule has 0 radical (unpaired) electrons. The molecule has 1 fully saturated rings. The van der Waals surface area contributed by atoms with Crippen LogP contribution in [0.15, 0.2) is 12.2 Å². The maximum absolute atomic E-state index is 3.88. The third-order valence-electron chi connectivity index (χ3n) is 3.17. The number of nitrogens with one attached hydrogen (secondary N) is 1. The van der Waals surface area contributed by atoms with Crippen LogP contribution >= 0.6 is 0 Å². The van der Waals surface area contributed by atoms with Crippen LogP contribution in [0.5, 0.6) is 0 Å². The van der Waals surface area contributed by atoms with Crippen molar-refractivity contribution in [1.82, 2.24) is 10.2 Å². The van der Waals surface area contributed by atoms with Crippen LogP contribution in [-0.4, -0.2) is 37.1 Å². The van der Waals surface area contributed by atoms with E-state index in [1.54, 1.807) is 0 Å². The van der Waals surface area contributed by atoms with Gasteiger partial charge in [0.15, 0.2) is 0 Å². The lowest BCUT2D eigenvalue weighted by Gasteiger charge is -2.33. The summed E-state index contributed by atoms with van der Waals surface area (Å²) in [6.45, 7) is 13.0. The minimum absolute atomic E-state index is 0.805. The molecule has 1 N–H and O–H groups in total. The predicted molar refractivity (Wildman–Crippen MR) is 67.2 cm³/mol. The Morgan fingerprint density at radius 1 is 1.47 bits per heavy atom. The van der Waals surface area contributed by atoms with Crippen LogP contribution in [0.2, 0.25) is 0 Å². The van der Waals surface area contributed by atoms with Crippen LogP contribution < -0.4 is 5.32 Å². The van der Waals surface area contributed by atoms with Gasteiger partial charge in [-0.25, -0.2) is 0 Å². The first-order valence-electron chi connectivity index (χ1n) is 6.29. The van der Waals surface area contributed by atoms with Crippen molar-refractivity contribution < 1.29 is 0 Å². The van der Waals surface area contributed by atoms with Crippen LogP contribution in [0.25, 0.3) is 0 Å². The van der Waals surface area contributed by atoms with E-state index in [0.29, 0.717) is 0 Å². The Kier molecular flexibility index (Phi) is 5.96. The minimum atomic E-state index is 0.805. The summed E-state index contributed by atoms with van der Waals surface area (Å²) >= 11 is 0. The molecule has 1 aliphatic rings. The molecule has 0 bridgehead atoms. The van der Waals surface area contributed by atoms with Gasteiger partial charge in [0.2, 0.25) is 0 Å². The molecule has 0 aromatic heterocycles. The van der Waals surface area contributed by atoms with Gasteiger partial charge in [0.25, 0.3) is 0 Å². The normalized spacial score (nSPS) is 22.9. The SMILES string of the molecule is C=C(C)CNCCCN1CCCCC1C. The summed E-state index contributed by atoms with van der Waals surface area (Å²) in [6.07, 6.45) is 5.46. The summed E-state index contributed by atoms with van der Waals surface area (Å²) in [7, 11) is 0. The third-order valence-corrected chi connectivity index (χ3v) is 3.17. The third kappa shape index (κ3) is 5.33. The van der Waals surface area contributed by atoms with Crippen molar-refractivity contribution in [3.05, 3.63) is 12.2 Å². The minimum Gasteiger partial charge on any atom is -0.313 e. The van der Waals surface area contributed by atoms with Crippen LogP contribution in [0.3, 0.4) is 0 Å². The molecule has 0 aliphatic carbocycles. The monoisotopic (exact) mass is 210 g/mol. The first-order chi connectivity index (χ1) is 7.20. The Morgan fingerprint density at radius 2 is 2.27 bits per heavy atom. The van der Waals surface area contributed by atoms with Gasteiger partial charge in [-0.05, 0) is 52.7 Å². The summed E-state index contributed by atoms with van der Waals surface area (Å²) < 4.78 is 0. The number of piperidine rings is 1. The Morgan fingerprint density at radius 3 is 2.93 bits per heavy atom. The zero-order valence-corrected chi connectivity index (χ0v) is 10.4. The molecule has 0 aromatic carbocycles. The van der Waals surface area contributed by atoms with Crippen molar-refractivity contribution in [2.24, 2.45) is 0 Å². The second-order valence-electron chi connectivity index (χ2n) is 4.87. The topological polar surface area (TPSA) is 15.3 Å². The average Bonchev–Trinajstić information content (AvgIpc) is 2.20. The molecule has 1 atom stereocenters. The largest absolute Gasteiger partial charge is 0.313 e. The van der Waals surface area contributed by atoms with Crippen molar-refractivity contribution in [1.29, 1.82) is 0 Å². The molecule has 88 valence electrons. The van der Waals surface area contributed by atoms with E-state index in [2.05, 4.69) is 30.6 Å². The molecule has 1 saturated heterocycles. The Hall–Kier alpha value is -0.340. The van der Waals surface area contributed by atoms with Gasteiger partial charge >= 0.3 is 0 Å². The quantitative estimate of drug-likeness (QED) is 0.535. The summed E-state index contributed by atoms with van der Waals surface area (Å²) in [6, 6.07) is 0.805. The summed E-state index contributed by atoms with van der Waals surface area (Å²) in [5.41, 5.74) is 1.22. The van der Waals surface area contributed by atoms with Gasteiger partial charge in [0, 0.05) is 12.6 Å². The lowest BCUT2D eigenvalue weighted by atomic mass is 10.0. The fourth-order valence-corrected chi connectivity index (χ4v) is 2.20. The van der Waals surface area contributed by atoms with Gasteiger partial charge in [-0.1, -0.05) is 18.6 Å². The molecule has 2 heteroatoms. The van der Waals surface area contributed by atoms with Crippen LogP contribution in [0, 0.1) is 0 Å². The van der Waals surface area contributed by atoms with Crippen LogP contribution in [-0.2, 0) is 0 Å². The van der Waals surface area contributed by atoms with E-state index in [4.69, 9.17) is 0 Å². The van der Waals surface area contributed by atoms with Gasteiger partial charge < -0.3 is 10.2 Å². The fourth-order valence-electron chi connectivity index (χ4n) is 2.20. The van der Waals surface area contributed by atoms with E-state index in [1.807, 2.05) is 0 Å². The molecule has 1 unspecified atom stereocenters. The zero-order chi connectivity index (χ0) is 11.1. The smallest absolute Gasteiger partial charge is 0.0159 e. The molecule has 0 amide bonds. The predicted octanol–water partition coefficient (Wildman–Crippen LogP) is 2.42. The van der Waals surface area contributed by atoms with E-state index in [9.17, 15) is 0 Å². The molecular formula is C13H26N2. The highest BCUT2D eigenvalue weighted by molar-refractivity contribution is 4.90. The molecule has 2 nitrogen and oxygen atoms in total. The van der Waals surface area contributed by atoms with Gasteiger partial charge in [-0.2, -0.15) is 0 Å². The first-order valence-corrected chi connectivity index (χ1v) is 6.29. The van der Waals surface area contributed by atoms with Crippen LogP contribution in [0.1, 0.15) is 39.5 Å². The number of rotatable bonds is 6. The Balaban J connectivity index is 2.01. The van der Waals surface area contributed by atoms with E-state index in [1.165, 1.54) is 44.3 Å². The molecule has 15 heavy (non-hydrogen) atoms. The second kappa shape index (κ2) is 7.02. The summed E-state index contributed by atoms with van der Waals surface area (Å²) in [5.74, 6) is 0. The Bertz CT molecular complexity index is 189. The standard InChI is InChI=1S/C13H26N2/c1-12(2)11-14-8-6-10-15-9-5-4-7-13(15)3/h13-14H,1,4-11H2,2-3H3. The molecule has 1 rings (SSSR count). The fraction of sp³-hybridized carbons (Fsp3) is 0.846. The number of likely N-dealkylation sites (tertiary alicyclic amines) is 1. The highest BCUT2D eigenvalue weighted by Gasteiger charge is 2.16. The molecular weight excluding hydrogens is 184 g/mol. The number of hydrogen-bond donors (Lipinski definition) is 1. The van der Waals surface area contributed by atoms with Crippen molar-refractivity contribution in [2.45, 2.75) is 45.6 Å². The number of nitrogens with zero attached hydrogens (tertiary/aromatic N) is 1. The van der Waals surface area contributed by atoms with Crippen LogP contribution in [0.4, 0.5) is 0 Å². The van der Waals surface area contributed by atoms with Crippen molar-refractivity contribution in [2.75, 3.05) is 26.2 Å². The molecule has 0 aromatic rings. The second-order valence-corrected chi connectivity index (χ2v) is 4.87. The number of hydrogen-bond acceptors (Lipinski definition) is 2. The lowest BCUT2D eigenvalue weighted by molar-refractivity contribution is 0.159. The maximum Gasteiger partial charge on any atom is 0.0159 e. The summed E-state index contributed by atoms with van der Waals surface area (Å²) in [5, 5.41) is 3.41. The van der Waals surface area contributed by atoms with Crippen molar-refractivity contribution >= 4 is 0 Å². The van der Waals surface area contributed by atoms with Gasteiger partial charge in [-0.15, -0.1) is 0 Å². The van der Waals surface area contributed by atoms with Gasteiger partial charge in [0.1, 0.15) is 0 Å². The molecule has 0 spiro atoms. The molecule has 0 saturated carbocycles. The summed E-state index contributed by atoms with van der Waals surface area (Å²) in [4.78, 5) is 2.63. The highest BCUT2D eigenvalue weighted by Crippen LogP contribution is 2.15. The van der Waals surface area contributed by atoms with E-state index in [-0.39, 0.29) is 0 Å². The Labute approximate surface area is 94.7 Å². The zero-order valence-electron chi connectivity index (χ0n) is 10.4. The van der Waals surface area contributed by atoms with Gasteiger partial charge in [-0.3, -0.25) is 0 Å².